The predicted molar refractivity (Wildman–Crippen MR) is 79.5 cm³/mol. The van der Waals surface area contributed by atoms with E-state index in [2.05, 4.69) is 55.7 Å². The van der Waals surface area contributed by atoms with Crippen molar-refractivity contribution < 1.29 is 0 Å². The number of nitrogens with zero attached hydrogens (tertiary/aromatic N) is 2. The summed E-state index contributed by atoms with van der Waals surface area (Å²) in [5, 5.41) is 4.66. The number of hydrogen-bond acceptors (Lipinski definition) is 2. The van der Waals surface area contributed by atoms with Gasteiger partial charge in [-0.1, -0.05) is 23.8 Å². The van der Waals surface area contributed by atoms with Crippen LogP contribution in [0.25, 0.3) is 0 Å². The number of rotatable bonds is 4. The van der Waals surface area contributed by atoms with Crippen LogP contribution in [0.2, 0.25) is 0 Å². The first-order valence-corrected chi connectivity index (χ1v) is 6.82. The Bertz CT molecular complexity index is 582. The molecule has 0 aliphatic carbocycles. The average molecular weight is 257 g/mol. The maximum atomic E-state index is 5.67. The zero-order valence-corrected chi connectivity index (χ0v) is 12.3. The Balaban J connectivity index is 2.33. The van der Waals surface area contributed by atoms with Crippen LogP contribution in [0.5, 0.6) is 0 Å². The van der Waals surface area contributed by atoms with Gasteiger partial charge in [-0.2, -0.15) is 5.10 Å². The molecule has 0 saturated carbocycles. The van der Waals surface area contributed by atoms with Crippen molar-refractivity contribution in [1.82, 2.24) is 9.78 Å². The highest BCUT2D eigenvalue weighted by Crippen LogP contribution is 2.17. The van der Waals surface area contributed by atoms with E-state index >= 15 is 0 Å². The molecule has 0 amide bonds. The monoisotopic (exact) mass is 257 g/mol. The predicted octanol–water partition coefficient (Wildman–Crippen LogP) is 2.67. The lowest BCUT2D eigenvalue weighted by atomic mass is 10.1. The number of hydrogen-bond donors (Lipinski definition) is 1. The molecule has 2 rings (SSSR count). The third-order valence-corrected chi connectivity index (χ3v) is 3.75. The summed E-state index contributed by atoms with van der Waals surface area (Å²) in [6, 6.07) is 6.57. The Morgan fingerprint density at radius 3 is 2.58 bits per heavy atom. The lowest BCUT2D eigenvalue weighted by Crippen LogP contribution is -2.07. The molecule has 3 heteroatoms. The standard InChI is InChI=1S/C16H23N3/c1-11-5-6-12(2)15(9-11)10-19-14(4)16(7-8-17)13(3)18-19/h5-6,9H,7-8,10,17H2,1-4H3. The van der Waals surface area contributed by atoms with Crippen LogP contribution >= 0.6 is 0 Å². The summed E-state index contributed by atoms with van der Waals surface area (Å²) < 4.78 is 2.10. The molecule has 0 fully saturated rings. The largest absolute Gasteiger partial charge is 0.330 e. The summed E-state index contributed by atoms with van der Waals surface area (Å²) in [5.41, 5.74) is 13.3. The molecule has 1 aromatic carbocycles. The molecule has 2 N–H and O–H groups in total. The van der Waals surface area contributed by atoms with Gasteiger partial charge in [-0.05, 0) is 57.4 Å². The smallest absolute Gasteiger partial charge is 0.0665 e. The fraction of sp³-hybridized carbons (Fsp3) is 0.438. The van der Waals surface area contributed by atoms with Crippen molar-refractivity contribution in [1.29, 1.82) is 0 Å². The van der Waals surface area contributed by atoms with Gasteiger partial charge in [-0.15, -0.1) is 0 Å². The molecule has 1 aromatic heterocycles. The molecule has 102 valence electrons. The first-order chi connectivity index (χ1) is 9.02. The van der Waals surface area contributed by atoms with Gasteiger partial charge in [0.25, 0.3) is 0 Å². The molecule has 0 unspecified atom stereocenters. The second-order valence-corrected chi connectivity index (χ2v) is 5.28. The lowest BCUT2D eigenvalue weighted by Gasteiger charge is -2.09. The van der Waals surface area contributed by atoms with E-state index < -0.39 is 0 Å². The van der Waals surface area contributed by atoms with E-state index in [4.69, 9.17) is 5.73 Å². The third kappa shape index (κ3) is 2.87. The number of benzene rings is 1. The van der Waals surface area contributed by atoms with E-state index in [9.17, 15) is 0 Å². The minimum absolute atomic E-state index is 0.677. The van der Waals surface area contributed by atoms with E-state index in [-0.39, 0.29) is 0 Å². The molecule has 0 aliphatic heterocycles. The number of aromatic nitrogens is 2. The first-order valence-electron chi connectivity index (χ1n) is 6.82. The molecule has 0 radical (unpaired) electrons. The van der Waals surface area contributed by atoms with Crippen LogP contribution < -0.4 is 5.73 Å². The van der Waals surface area contributed by atoms with Gasteiger partial charge in [0, 0.05) is 5.69 Å². The van der Waals surface area contributed by atoms with Crippen LogP contribution in [0.1, 0.15) is 33.6 Å². The van der Waals surface area contributed by atoms with Gasteiger partial charge in [-0.3, -0.25) is 4.68 Å². The maximum absolute atomic E-state index is 5.67. The highest BCUT2D eigenvalue weighted by Gasteiger charge is 2.11. The molecular weight excluding hydrogens is 234 g/mol. The van der Waals surface area contributed by atoms with E-state index in [0.717, 1.165) is 18.7 Å². The van der Waals surface area contributed by atoms with Gasteiger partial charge in [0.2, 0.25) is 0 Å². The molecule has 1 heterocycles. The summed E-state index contributed by atoms with van der Waals surface area (Å²) in [7, 11) is 0. The third-order valence-electron chi connectivity index (χ3n) is 3.75. The summed E-state index contributed by atoms with van der Waals surface area (Å²) in [6.07, 6.45) is 0.907. The van der Waals surface area contributed by atoms with Gasteiger partial charge in [0.15, 0.2) is 0 Å². The Kier molecular flexibility index (Phi) is 4.05. The average Bonchev–Trinajstić information content (AvgIpc) is 2.62. The second kappa shape index (κ2) is 5.57. The maximum Gasteiger partial charge on any atom is 0.0665 e. The number of nitrogens with two attached hydrogens (primary N) is 1. The summed E-state index contributed by atoms with van der Waals surface area (Å²) >= 11 is 0. The zero-order chi connectivity index (χ0) is 14.0. The fourth-order valence-corrected chi connectivity index (χ4v) is 2.53. The van der Waals surface area contributed by atoms with Crippen molar-refractivity contribution in [3.05, 3.63) is 51.8 Å². The van der Waals surface area contributed by atoms with Crippen LogP contribution in [-0.4, -0.2) is 16.3 Å². The first kappa shape index (κ1) is 13.8. The molecular formula is C16H23N3. The second-order valence-electron chi connectivity index (χ2n) is 5.28. The van der Waals surface area contributed by atoms with Crippen LogP contribution in [0.3, 0.4) is 0 Å². The van der Waals surface area contributed by atoms with Gasteiger partial charge in [0.05, 0.1) is 12.2 Å². The molecule has 0 saturated heterocycles. The van der Waals surface area contributed by atoms with Gasteiger partial charge < -0.3 is 5.73 Å². The van der Waals surface area contributed by atoms with Crippen LogP contribution in [0.4, 0.5) is 0 Å². The number of aryl methyl sites for hydroxylation is 3. The molecule has 0 spiro atoms. The van der Waals surface area contributed by atoms with E-state index in [1.807, 2.05) is 0 Å². The molecule has 0 atom stereocenters. The summed E-state index contributed by atoms with van der Waals surface area (Å²) in [6.45, 7) is 10.0. The van der Waals surface area contributed by atoms with Crippen molar-refractivity contribution in [3.8, 4) is 0 Å². The topological polar surface area (TPSA) is 43.8 Å². The zero-order valence-electron chi connectivity index (χ0n) is 12.3. The Morgan fingerprint density at radius 2 is 1.89 bits per heavy atom. The quantitative estimate of drug-likeness (QED) is 0.915. The summed E-state index contributed by atoms with van der Waals surface area (Å²) in [4.78, 5) is 0. The normalized spacial score (nSPS) is 11.0. The SMILES string of the molecule is Cc1ccc(C)c(Cn2nc(C)c(CCN)c2C)c1. The van der Waals surface area contributed by atoms with Gasteiger partial charge in [-0.25, -0.2) is 0 Å². The lowest BCUT2D eigenvalue weighted by molar-refractivity contribution is 0.655. The van der Waals surface area contributed by atoms with Crippen molar-refractivity contribution in [2.24, 2.45) is 5.73 Å². The van der Waals surface area contributed by atoms with E-state index in [1.54, 1.807) is 0 Å². The van der Waals surface area contributed by atoms with Crippen molar-refractivity contribution in [2.45, 2.75) is 40.7 Å². The molecule has 0 aliphatic rings. The van der Waals surface area contributed by atoms with E-state index in [1.165, 1.54) is 27.9 Å². The Hall–Kier alpha value is -1.61. The van der Waals surface area contributed by atoms with Crippen LogP contribution in [-0.2, 0) is 13.0 Å². The highest BCUT2D eigenvalue weighted by molar-refractivity contribution is 5.32. The van der Waals surface area contributed by atoms with Gasteiger partial charge in [0.1, 0.15) is 0 Å². The Labute approximate surface area is 115 Å². The van der Waals surface area contributed by atoms with Crippen LogP contribution in [0.15, 0.2) is 18.2 Å². The Morgan fingerprint density at radius 1 is 1.16 bits per heavy atom. The van der Waals surface area contributed by atoms with Crippen molar-refractivity contribution in [3.63, 3.8) is 0 Å². The van der Waals surface area contributed by atoms with E-state index in [0.29, 0.717) is 6.54 Å². The molecule has 2 aromatic rings. The minimum atomic E-state index is 0.677. The minimum Gasteiger partial charge on any atom is -0.330 e. The molecule has 3 nitrogen and oxygen atoms in total. The molecule has 0 bridgehead atoms. The van der Waals surface area contributed by atoms with Crippen molar-refractivity contribution in [2.75, 3.05) is 6.54 Å². The van der Waals surface area contributed by atoms with Gasteiger partial charge >= 0.3 is 0 Å². The summed E-state index contributed by atoms with van der Waals surface area (Å²) in [5.74, 6) is 0. The van der Waals surface area contributed by atoms with Crippen LogP contribution in [0, 0.1) is 27.7 Å². The molecule has 19 heavy (non-hydrogen) atoms. The fourth-order valence-electron chi connectivity index (χ4n) is 2.53. The van der Waals surface area contributed by atoms with Crippen molar-refractivity contribution >= 4 is 0 Å². The highest BCUT2D eigenvalue weighted by atomic mass is 15.3.